The molecule has 4 nitrogen and oxygen atoms in total. The number of carbonyl (C=O) groups is 1. The lowest BCUT2D eigenvalue weighted by Gasteiger charge is -2.38. The average molecular weight is 329 g/mol. The maximum Gasteiger partial charge on any atom is 0.260 e. The quantitative estimate of drug-likeness (QED) is 0.924. The molecular weight excluding hydrogens is 311 g/mol. The molecule has 1 heterocycles. The van der Waals surface area contributed by atoms with Gasteiger partial charge in [-0.1, -0.05) is 6.07 Å². The van der Waals surface area contributed by atoms with Crippen molar-refractivity contribution in [1.29, 1.82) is 0 Å². The second-order valence-electron chi connectivity index (χ2n) is 6.05. The highest BCUT2D eigenvalue weighted by Gasteiger charge is 2.62. The van der Waals surface area contributed by atoms with Gasteiger partial charge in [0.25, 0.3) is 5.92 Å². The highest BCUT2D eigenvalue weighted by Crippen LogP contribution is 2.49. The topological polar surface area (TPSA) is 47.6 Å². The average Bonchev–Trinajstić information content (AvgIpc) is 3.17. The minimum Gasteiger partial charge on any atom is -0.494 e. The zero-order chi connectivity index (χ0) is 16.7. The van der Waals surface area contributed by atoms with E-state index in [1.54, 1.807) is 6.07 Å². The monoisotopic (exact) mass is 329 g/mol. The van der Waals surface area contributed by atoms with Crippen molar-refractivity contribution in [3.63, 3.8) is 0 Å². The fourth-order valence-electron chi connectivity index (χ4n) is 2.99. The first-order valence-electron chi connectivity index (χ1n) is 7.50. The van der Waals surface area contributed by atoms with Crippen LogP contribution in [0, 0.1) is 11.7 Å². The zero-order valence-electron chi connectivity index (χ0n) is 12.7. The number of ether oxygens (including phenoxy) is 2. The number of nitrogens with one attached hydrogen (secondary N) is 1. The molecule has 2 aliphatic rings. The van der Waals surface area contributed by atoms with Crippen LogP contribution in [-0.4, -0.2) is 32.2 Å². The van der Waals surface area contributed by atoms with Gasteiger partial charge in [-0.05, 0) is 30.5 Å². The highest BCUT2D eigenvalue weighted by atomic mass is 19.3. The molecule has 1 aromatic rings. The van der Waals surface area contributed by atoms with Crippen LogP contribution in [0.4, 0.5) is 13.2 Å². The van der Waals surface area contributed by atoms with Gasteiger partial charge >= 0.3 is 0 Å². The van der Waals surface area contributed by atoms with Gasteiger partial charge in [-0.2, -0.15) is 0 Å². The molecule has 1 aliphatic heterocycles. The number of halogens is 3. The lowest BCUT2D eigenvalue weighted by atomic mass is 9.82. The van der Waals surface area contributed by atoms with Crippen molar-refractivity contribution >= 4 is 5.91 Å². The minimum atomic E-state index is -2.93. The Kier molecular flexibility index (Phi) is 4.00. The number of hydrogen-bond acceptors (Lipinski definition) is 3. The van der Waals surface area contributed by atoms with E-state index in [4.69, 9.17) is 9.47 Å². The van der Waals surface area contributed by atoms with Gasteiger partial charge < -0.3 is 14.8 Å². The molecule has 1 aromatic carbocycles. The summed E-state index contributed by atoms with van der Waals surface area (Å²) in [5.41, 5.74) is -0.349. The number of rotatable bonds is 4. The van der Waals surface area contributed by atoms with E-state index in [1.165, 1.54) is 19.2 Å². The van der Waals surface area contributed by atoms with Crippen molar-refractivity contribution in [2.45, 2.75) is 30.7 Å². The van der Waals surface area contributed by atoms with Crippen LogP contribution in [-0.2, 0) is 15.1 Å². The Morgan fingerprint density at radius 2 is 2.00 bits per heavy atom. The van der Waals surface area contributed by atoms with Gasteiger partial charge in [-0.3, -0.25) is 4.79 Å². The van der Waals surface area contributed by atoms with Crippen molar-refractivity contribution in [3.8, 4) is 5.75 Å². The molecule has 126 valence electrons. The molecule has 7 heteroatoms. The van der Waals surface area contributed by atoms with E-state index in [0.29, 0.717) is 31.6 Å². The van der Waals surface area contributed by atoms with Crippen LogP contribution in [0.5, 0.6) is 5.75 Å². The van der Waals surface area contributed by atoms with Gasteiger partial charge in [0.05, 0.1) is 12.6 Å². The molecule has 1 N–H and O–H groups in total. The number of carbonyl (C=O) groups excluding carboxylic acids is 1. The van der Waals surface area contributed by atoms with Crippen LogP contribution in [0.1, 0.15) is 24.8 Å². The fourth-order valence-corrected chi connectivity index (χ4v) is 2.99. The summed E-state index contributed by atoms with van der Waals surface area (Å²) in [6, 6.07) is 4.41. The lowest BCUT2D eigenvalue weighted by Crippen LogP contribution is -2.50. The first-order chi connectivity index (χ1) is 10.9. The van der Waals surface area contributed by atoms with Crippen LogP contribution >= 0.6 is 0 Å². The van der Waals surface area contributed by atoms with E-state index < -0.39 is 35.5 Å². The van der Waals surface area contributed by atoms with E-state index in [0.717, 1.165) is 0 Å². The Morgan fingerprint density at radius 3 is 2.52 bits per heavy atom. The summed E-state index contributed by atoms with van der Waals surface area (Å²) in [6.07, 6.45) is 0.383. The minimum absolute atomic E-state index is 0.0935. The third-order valence-electron chi connectivity index (χ3n) is 4.56. The van der Waals surface area contributed by atoms with Crippen molar-refractivity contribution in [2.24, 2.45) is 5.92 Å². The Morgan fingerprint density at radius 1 is 1.35 bits per heavy atom. The van der Waals surface area contributed by atoms with Gasteiger partial charge in [0, 0.05) is 19.6 Å². The van der Waals surface area contributed by atoms with Crippen LogP contribution < -0.4 is 10.1 Å². The largest absolute Gasteiger partial charge is 0.494 e. The van der Waals surface area contributed by atoms with Gasteiger partial charge in [0.1, 0.15) is 5.92 Å². The first-order valence-corrected chi connectivity index (χ1v) is 7.50. The molecule has 2 fully saturated rings. The number of hydrogen-bond donors (Lipinski definition) is 1. The number of methoxy groups -OCH3 is 1. The molecule has 0 radical (unpaired) electrons. The smallest absolute Gasteiger partial charge is 0.260 e. The third kappa shape index (κ3) is 3.02. The Bertz CT molecular complexity index is 615. The van der Waals surface area contributed by atoms with E-state index in [9.17, 15) is 18.0 Å². The molecule has 0 spiro atoms. The van der Waals surface area contributed by atoms with Gasteiger partial charge in [-0.25, -0.2) is 13.2 Å². The molecule has 1 saturated heterocycles. The predicted molar refractivity (Wildman–Crippen MR) is 75.9 cm³/mol. The second-order valence-corrected chi connectivity index (χ2v) is 6.05. The first kappa shape index (κ1) is 16.1. The molecular formula is C16H18F3NO3. The summed E-state index contributed by atoms with van der Waals surface area (Å²) in [4.78, 5) is 12.1. The van der Waals surface area contributed by atoms with Crippen LogP contribution in [0.2, 0.25) is 0 Å². The lowest BCUT2D eigenvalue weighted by molar-refractivity contribution is -0.127. The normalized spacial score (nSPS) is 24.8. The summed E-state index contributed by atoms with van der Waals surface area (Å²) >= 11 is 0. The summed E-state index contributed by atoms with van der Waals surface area (Å²) < 4.78 is 50.5. The Balaban J connectivity index is 1.87. The number of benzene rings is 1. The van der Waals surface area contributed by atoms with Gasteiger partial charge in [0.2, 0.25) is 5.91 Å². The summed E-state index contributed by atoms with van der Waals surface area (Å²) in [5.74, 6) is -5.36. The van der Waals surface area contributed by atoms with E-state index in [-0.39, 0.29) is 5.75 Å². The maximum absolute atomic E-state index is 14.0. The highest BCUT2D eigenvalue weighted by molar-refractivity contribution is 5.83. The Labute approximate surface area is 132 Å². The van der Waals surface area contributed by atoms with Crippen LogP contribution in [0.15, 0.2) is 18.2 Å². The van der Waals surface area contributed by atoms with E-state index in [2.05, 4.69) is 5.32 Å². The van der Waals surface area contributed by atoms with E-state index in [1.807, 2.05) is 0 Å². The van der Waals surface area contributed by atoms with Gasteiger partial charge in [0.15, 0.2) is 11.6 Å². The molecule has 1 amide bonds. The Hall–Kier alpha value is -1.76. The molecule has 1 aliphatic carbocycles. The summed E-state index contributed by atoms with van der Waals surface area (Å²) in [5, 5.41) is 2.72. The molecule has 1 unspecified atom stereocenters. The van der Waals surface area contributed by atoms with Crippen molar-refractivity contribution in [3.05, 3.63) is 29.6 Å². The summed E-state index contributed by atoms with van der Waals surface area (Å²) in [7, 11) is 1.36. The number of amides is 1. The van der Waals surface area contributed by atoms with Crippen molar-refractivity contribution in [1.82, 2.24) is 5.32 Å². The molecule has 0 bridgehead atoms. The second kappa shape index (κ2) is 5.70. The third-order valence-corrected chi connectivity index (χ3v) is 4.56. The SMILES string of the molecule is COc1ccc(C2(NC(=O)C3CC3(F)F)CCOCC2)cc1F. The van der Waals surface area contributed by atoms with Gasteiger partial charge in [-0.15, -0.1) is 0 Å². The molecule has 1 saturated carbocycles. The van der Waals surface area contributed by atoms with E-state index >= 15 is 0 Å². The standard InChI is InChI=1S/C16H18F3NO3/c1-22-13-3-2-10(8-12(13)17)15(4-6-23-7-5-15)20-14(21)11-9-16(11,18)19/h2-3,8,11H,4-7,9H2,1H3,(H,20,21). The fraction of sp³-hybridized carbons (Fsp3) is 0.562. The van der Waals surface area contributed by atoms with Crippen LogP contribution in [0.25, 0.3) is 0 Å². The van der Waals surface area contributed by atoms with Crippen LogP contribution in [0.3, 0.4) is 0 Å². The van der Waals surface area contributed by atoms with Crippen molar-refractivity contribution in [2.75, 3.05) is 20.3 Å². The number of alkyl halides is 2. The summed E-state index contributed by atoms with van der Waals surface area (Å²) in [6.45, 7) is 0.740. The maximum atomic E-state index is 14.0. The predicted octanol–water partition coefficient (Wildman–Crippen LogP) is 2.61. The molecule has 1 atom stereocenters. The molecule has 23 heavy (non-hydrogen) atoms. The molecule has 3 rings (SSSR count). The molecule has 0 aromatic heterocycles. The van der Waals surface area contributed by atoms with Crippen molar-refractivity contribution < 1.29 is 27.4 Å². The zero-order valence-corrected chi connectivity index (χ0v) is 12.7.